The van der Waals surface area contributed by atoms with E-state index in [1.807, 2.05) is 13.0 Å². The van der Waals surface area contributed by atoms with Gasteiger partial charge in [-0.05, 0) is 24.6 Å². The number of nitrogens with one attached hydrogen (secondary N) is 1. The minimum Gasteiger partial charge on any atom is -0.506 e. The summed E-state index contributed by atoms with van der Waals surface area (Å²) in [5, 5.41) is 11.8. The van der Waals surface area contributed by atoms with Crippen LogP contribution in [0.15, 0.2) is 36.8 Å². The molecule has 0 bridgehead atoms. The number of hydrogen-bond acceptors (Lipinski definition) is 4. The molecule has 0 atom stereocenters. The summed E-state index contributed by atoms with van der Waals surface area (Å²) in [7, 11) is 0. The maximum Gasteiger partial charge on any atom is 0.258 e. The molecule has 2 aromatic heterocycles. The molecule has 2 N–H and O–H groups in total. The van der Waals surface area contributed by atoms with Crippen LogP contribution in [0.5, 0.6) is 5.75 Å². The summed E-state index contributed by atoms with van der Waals surface area (Å²) >= 11 is 0. The summed E-state index contributed by atoms with van der Waals surface area (Å²) < 4.78 is 0. The summed E-state index contributed by atoms with van der Waals surface area (Å²) in [6, 6.07) is 4.91. The topological polar surface area (TPSA) is 75.1 Å². The van der Waals surface area contributed by atoms with Gasteiger partial charge in [0.1, 0.15) is 11.6 Å². The average molecular weight is 229 g/mol. The van der Waals surface area contributed by atoms with Gasteiger partial charge in [0.05, 0.1) is 11.8 Å². The Morgan fingerprint density at radius 2 is 2.12 bits per heavy atom. The van der Waals surface area contributed by atoms with E-state index in [-0.39, 0.29) is 17.2 Å². The van der Waals surface area contributed by atoms with Crippen LogP contribution in [-0.4, -0.2) is 21.0 Å². The first kappa shape index (κ1) is 11.1. The van der Waals surface area contributed by atoms with E-state index in [0.717, 1.165) is 5.56 Å². The first-order valence-electron chi connectivity index (χ1n) is 5.03. The fourth-order valence-electron chi connectivity index (χ4n) is 1.28. The first-order valence-corrected chi connectivity index (χ1v) is 5.03. The highest BCUT2D eigenvalue weighted by atomic mass is 16.3. The molecule has 0 saturated carbocycles. The summed E-state index contributed by atoms with van der Waals surface area (Å²) in [5.41, 5.74) is 1.30. The lowest BCUT2D eigenvalue weighted by atomic mass is 10.2. The molecule has 0 spiro atoms. The molecule has 2 heterocycles. The van der Waals surface area contributed by atoms with E-state index >= 15 is 0 Å². The van der Waals surface area contributed by atoms with E-state index in [4.69, 9.17) is 0 Å². The van der Waals surface area contributed by atoms with Crippen LogP contribution in [0.3, 0.4) is 0 Å². The van der Waals surface area contributed by atoms with Crippen molar-refractivity contribution in [1.29, 1.82) is 0 Å². The molecule has 2 rings (SSSR count). The average Bonchev–Trinajstić information content (AvgIpc) is 2.32. The molecule has 17 heavy (non-hydrogen) atoms. The van der Waals surface area contributed by atoms with Gasteiger partial charge in [0.2, 0.25) is 0 Å². The summed E-state index contributed by atoms with van der Waals surface area (Å²) in [6.07, 6.45) is 4.31. The van der Waals surface area contributed by atoms with Crippen molar-refractivity contribution in [1.82, 2.24) is 9.97 Å². The van der Waals surface area contributed by atoms with E-state index in [1.165, 1.54) is 18.5 Å². The van der Waals surface area contributed by atoms with E-state index in [2.05, 4.69) is 15.3 Å². The zero-order valence-corrected chi connectivity index (χ0v) is 9.21. The summed E-state index contributed by atoms with van der Waals surface area (Å²) in [6.45, 7) is 1.91. The standard InChI is InChI=1S/C12H11N3O2/c1-8-2-3-11(14-5-8)15-12(17)9-4-10(16)7-13-6-9/h2-7,16H,1H3,(H,14,15,17). The van der Waals surface area contributed by atoms with E-state index in [1.54, 1.807) is 12.3 Å². The molecule has 0 radical (unpaired) electrons. The van der Waals surface area contributed by atoms with Crippen LogP contribution in [0.2, 0.25) is 0 Å². The van der Waals surface area contributed by atoms with Crippen LogP contribution in [0.4, 0.5) is 5.82 Å². The van der Waals surface area contributed by atoms with Crippen molar-refractivity contribution in [3.8, 4) is 5.75 Å². The molecule has 0 fully saturated rings. The Morgan fingerprint density at radius 1 is 1.29 bits per heavy atom. The smallest absolute Gasteiger partial charge is 0.258 e. The highest BCUT2D eigenvalue weighted by Gasteiger charge is 2.07. The molecule has 86 valence electrons. The third kappa shape index (κ3) is 2.78. The molecule has 2 aromatic rings. The van der Waals surface area contributed by atoms with Gasteiger partial charge in [0, 0.05) is 12.4 Å². The van der Waals surface area contributed by atoms with Crippen molar-refractivity contribution in [3.63, 3.8) is 0 Å². The summed E-state index contributed by atoms with van der Waals surface area (Å²) in [5.74, 6) is 0.0585. The van der Waals surface area contributed by atoms with Crippen LogP contribution in [0.1, 0.15) is 15.9 Å². The molecule has 0 saturated heterocycles. The molecule has 0 aliphatic carbocycles. The number of aromatic hydroxyl groups is 1. The Bertz CT molecular complexity index is 538. The monoisotopic (exact) mass is 229 g/mol. The SMILES string of the molecule is Cc1ccc(NC(=O)c2cncc(O)c2)nc1. The van der Waals surface area contributed by atoms with Gasteiger partial charge < -0.3 is 10.4 Å². The van der Waals surface area contributed by atoms with Gasteiger partial charge in [0.25, 0.3) is 5.91 Å². The molecule has 0 aliphatic heterocycles. The second kappa shape index (κ2) is 4.61. The quantitative estimate of drug-likeness (QED) is 0.822. The number of pyridine rings is 2. The van der Waals surface area contributed by atoms with Gasteiger partial charge in [0.15, 0.2) is 0 Å². The molecule has 0 aliphatic rings. The Labute approximate surface area is 98.2 Å². The number of carbonyl (C=O) groups is 1. The largest absolute Gasteiger partial charge is 0.506 e. The lowest BCUT2D eigenvalue weighted by Gasteiger charge is -2.04. The molecule has 1 amide bonds. The number of rotatable bonds is 2. The first-order chi connectivity index (χ1) is 8.15. The molecule has 0 unspecified atom stereocenters. The number of hydrogen-bond donors (Lipinski definition) is 2. The fourth-order valence-corrected chi connectivity index (χ4v) is 1.28. The predicted molar refractivity (Wildman–Crippen MR) is 62.8 cm³/mol. The number of amides is 1. The minimum absolute atomic E-state index is 0.0467. The molecular formula is C12H11N3O2. The second-order valence-electron chi connectivity index (χ2n) is 3.61. The fraction of sp³-hybridized carbons (Fsp3) is 0.0833. The van der Waals surface area contributed by atoms with E-state index in [0.29, 0.717) is 5.82 Å². The van der Waals surface area contributed by atoms with Gasteiger partial charge >= 0.3 is 0 Å². The third-order valence-corrected chi connectivity index (χ3v) is 2.14. The Balaban J connectivity index is 2.14. The number of aryl methyl sites for hydroxylation is 1. The minimum atomic E-state index is -0.357. The van der Waals surface area contributed by atoms with Crippen molar-refractivity contribution in [2.45, 2.75) is 6.92 Å². The van der Waals surface area contributed by atoms with Crippen molar-refractivity contribution < 1.29 is 9.90 Å². The maximum absolute atomic E-state index is 11.7. The zero-order valence-electron chi connectivity index (χ0n) is 9.21. The van der Waals surface area contributed by atoms with E-state index < -0.39 is 0 Å². The van der Waals surface area contributed by atoms with Crippen LogP contribution < -0.4 is 5.32 Å². The number of nitrogens with zero attached hydrogens (tertiary/aromatic N) is 2. The lowest BCUT2D eigenvalue weighted by molar-refractivity contribution is 0.102. The van der Waals surface area contributed by atoms with Crippen molar-refractivity contribution in [3.05, 3.63) is 47.9 Å². The van der Waals surface area contributed by atoms with Gasteiger partial charge in [-0.15, -0.1) is 0 Å². The lowest BCUT2D eigenvalue weighted by Crippen LogP contribution is -2.13. The van der Waals surface area contributed by atoms with Crippen LogP contribution in [-0.2, 0) is 0 Å². The molecule has 0 aromatic carbocycles. The third-order valence-electron chi connectivity index (χ3n) is 2.14. The number of anilines is 1. The highest BCUT2D eigenvalue weighted by Crippen LogP contribution is 2.11. The maximum atomic E-state index is 11.7. The van der Waals surface area contributed by atoms with Gasteiger partial charge in [-0.3, -0.25) is 9.78 Å². The molecular weight excluding hydrogens is 218 g/mol. The van der Waals surface area contributed by atoms with Crippen molar-refractivity contribution in [2.24, 2.45) is 0 Å². The van der Waals surface area contributed by atoms with Crippen LogP contribution in [0.25, 0.3) is 0 Å². The normalized spacial score (nSPS) is 9.94. The molecule has 5 nitrogen and oxygen atoms in total. The Kier molecular flexibility index (Phi) is 3.00. The van der Waals surface area contributed by atoms with Gasteiger partial charge in [-0.1, -0.05) is 6.07 Å². The van der Waals surface area contributed by atoms with E-state index in [9.17, 15) is 9.90 Å². The van der Waals surface area contributed by atoms with Gasteiger partial charge in [-0.25, -0.2) is 4.98 Å². The predicted octanol–water partition coefficient (Wildman–Crippen LogP) is 1.74. The number of carbonyl (C=O) groups excluding carboxylic acids is 1. The number of aromatic nitrogens is 2. The van der Waals surface area contributed by atoms with Crippen LogP contribution in [0, 0.1) is 6.92 Å². The highest BCUT2D eigenvalue weighted by molar-refractivity contribution is 6.03. The summed E-state index contributed by atoms with van der Waals surface area (Å²) in [4.78, 5) is 19.5. The van der Waals surface area contributed by atoms with Crippen LogP contribution >= 0.6 is 0 Å². The van der Waals surface area contributed by atoms with Crippen molar-refractivity contribution >= 4 is 11.7 Å². The zero-order chi connectivity index (χ0) is 12.3. The Hall–Kier alpha value is -2.43. The second-order valence-corrected chi connectivity index (χ2v) is 3.61. The Morgan fingerprint density at radius 3 is 2.76 bits per heavy atom. The van der Waals surface area contributed by atoms with Crippen molar-refractivity contribution in [2.75, 3.05) is 5.32 Å². The molecule has 5 heteroatoms. The van der Waals surface area contributed by atoms with Gasteiger partial charge in [-0.2, -0.15) is 0 Å².